The van der Waals surface area contributed by atoms with Crippen molar-refractivity contribution in [2.24, 2.45) is 5.92 Å². The molecule has 3 aromatic rings. The first-order valence-electron chi connectivity index (χ1n) is 11.6. The Bertz CT molecular complexity index is 1050. The first kappa shape index (κ1) is 23.1. The highest BCUT2D eigenvalue weighted by molar-refractivity contribution is 5.77. The largest absolute Gasteiger partial charge is 0.375 e. The molecule has 0 unspecified atom stereocenters. The lowest BCUT2D eigenvalue weighted by atomic mass is 10.0. The molecule has 0 spiro atoms. The van der Waals surface area contributed by atoms with E-state index in [1.165, 1.54) is 23.8 Å². The minimum Gasteiger partial charge on any atom is -0.375 e. The molecule has 2 aromatic carbocycles. The molecule has 0 aliphatic carbocycles. The molecule has 1 aliphatic rings. The Balaban J connectivity index is 1.42. The third kappa shape index (κ3) is 5.67. The van der Waals surface area contributed by atoms with Crippen molar-refractivity contribution >= 4 is 5.91 Å². The molecule has 174 valence electrons. The van der Waals surface area contributed by atoms with Crippen molar-refractivity contribution in [2.45, 2.75) is 39.4 Å². The van der Waals surface area contributed by atoms with E-state index in [-0.39, 0.29) is 24.5 Å². The van der Waals surface area contributed by atoms with Gasteiger partial charge >= 0.3 is 0 Å². The molecule has 1 N–H and O–H groups in total. The molecule has 7 nitrogen and oxygen atoms in total. The van der Waals surface area contributed by atoms with Gasteiger partial charge in [0.05, 0.1) is 6.04 Å². The van der Waals surface area contributed by atoms with Crippen LogP contribution in [0.5, 0.6) is 0 Å². The van der Waals surface area contributed by atoms with E-state index >= 15 is 0 Å². The predicted octanol–water partition coefficient (Wildman–Crippen LogP) is 3.46. The lowest BCUT2D eigenvalue weighted by molar-refractivity contribution is -0.125. The normalized spacial score (nSPS) is 15.2. The summed E-state index contributed by atoms with van der Waals surface area (Å²) >= 11 is 0. The number of amides is 1. The Morgan fingerprint density at radius 3 is 2.42 bits per heavy atom. The standard InChI is InChI=1S/C26H33N5O2/c1-19(2)25(27-24(32)18-33-3)26-29-28-23-13-14-30(15-16-31(23)26)17-20-9-11-22(12-10-20)21-7-5-4-6-8-21/h4-12,19,25H,13-18H2,1-3H3,(H,27,32)/t25-/m0/s1. The van der Waals surface area contributed by atoms with Crippen molar-refractivity contribution < 1.29 is 9.53 Å². The summed E-state index contributed by atoms with van der Waals surface area (Å²) in [4.78, 5) is 14.6. The average molecular weight is 448 g/mol. The summed E-state index contributed by atoms with van der Waals surface area (Å²) in [7, 11) is 1.52. The molecule has 0 radical (unpaired) electrons. The number of nitrogens with zero attached hydrogens (tertiary/aromatic N) is 4. The molecule has 0 fully saturated rings. The quantitative estimate of drug-likeness (QED) is 0.573. The van der Waals surface area contributed by atoms with E-state index in [4.69, 9.17) is 4.74 Å². The number of aromatic nitrogens is 3. The molecule has 0 saturated carbocycles. The summed E-state index contributed by atoms with van der Waals surface area (Å²) < 4.78 is 7.17. The highest BCUT2D eigenvalue weighted by Crippen LogP contribution is 2.24. The van der Waals surface area contributed by atoms with E-state index < -0.39 is 0 Å². The van der Waals surface area contributed by atoms with Crippen LogP contribution >= 0.6 is 0 Å². The number of hydrogen-bond acceptors (Lipinski definition) is 5. The summed E-state index contributed by atoms with van der Waals surface area (Å²) in [5.74, 6) is 1.88. The number of carbonyl (C=O) groups is 1. The summed E-state index contributed by atoms with van der Waals surface area (Å²) in [6.07, 6.45) is 0.839. The van der Waals surface area contributed by atoms with E-state index in [1.54, 1.807) is 0 Å². The van der Waals surface area contributed by atoms with Gasteiger partial charge in [-0.15, -0.1) is 10.2 Å². The van der Waals surface area contributed by atoms with Crippen molar-refractivity contribution in [2.75, 3.05) is 26.8 Å². The Hall–Kier alpha value is -3.03. The lowest BCUT2D eigenvalue weighted by Gasteiger charge is -2.23. The van der Waals surface area contributed by atoms with Gasteiger partial charge in [-0.2, -0.15) is 0 Å². The van der Waals surface area contributed by atoms with Gasteiger partial charge in [0.2, 0.25) is 5.91 Å². The highest BCUT2D eigenvalue weighted by atomic mass is 16.5. The molecule has 1 aliphatic heterocycles. The van der Waals surface area contributed by atoms with Crippen molar-refractivity contribution in [1.29, 1.82) is 0 Å². The maximum Gasteiger partial charge on any atom is 0.246 e. The third-order valence-corrected chi connectivity index (χ3v) is 6.15. The number of hydrogen-bond donors (Lipinski definition) is 1. The fraction of sp³-hybridized carbons (Fsp3) is 0.423. The van der Waals surface area contributed by atoms with Crippen molar-refractivity contribution in [3.8, 4) is 11.1 Å². The zero-order valence-corrected chi connectivity index (χ0v) is 19.7. The van der Waals surface area contributed by atoms with Crippen LogP contribution in [0.25, 0.3) is 11.1 Å². The predicted molar refractivity (Wildman–Crippen MR) is 128 cm³/mol. The van der Waals surface area contributed by atoms with Crippen LogP contribution in [0.3, 0.4) is 0 Å². The summed E-state index contributed by atoms with van der Waals surface area (Å²) in [5.41, 5.74) is 3.78. The van der Waals surface area contributed by atoms with E-state index in [0.717, 1.165) is 44.2 Å². The lowest BCUT2D eigenvalue weighted by Crippen LogP contribution is -2.36. The maximum absolute atomic E-state index is 12.2. The third-order valence-electron chi connectivity index (χ3n) is 6.15. The number of fused-ring (bicyclic) bond motifs is 1. The minimum atomic E-state index is -0.189. The Morgan fingerprint density at radius 1 is 1.00 bits per heavy atom. The van der Waals surface area contributed by atoms with Gasteiger partial charge in [-0.05, 0) is 22.6 Å². The number of nitrogens with one attached hydrogen (secondary N) is 1. The second-order valence-electron chi connectivity index (χ2n) is 8.94. The molecule has 1 aromatic heterocycles. The van der Waals surface area contributed by atoms with E-state index in [2.05, 4.69) is 87.4 Å². The molecule has 2 heterocycles. The second-order valence-corrected chi connectivity index (χ2v) is 8.94. The molecule has 1 amide bonds. The van der Waals surface area contributed by atoms with Crippen LogP contribution in [0.15, 0.2) is 54.6 Å². The van der Waals surface area contributed by atoms with E-state index in [9.17, 15) is 4.79 Å². The second kappa shape index (κ2) is 10.7. The molecule has 33 heavy (non-hydrogen) atoms. The van der Waals surface area contributed by atoms with Gasteiger partial charge < -0.3 is 14.6 Å². The van der Waals surface area contributed by atoms with Gasteiger partial charge in [-0.1, -0.05) is 68.4 Å². The van der Waals surface area contributed by atoms with Gasteiger partial charge in [0.25, 0.3) is 0 Å². The Morgan fingerprint density at radius 2 is 1.73 bits per heavy atom. The van der Waals surface area contributed by atoms with Crippen LogP contribution < -0.4 is 5.32 Å². The topological polar surface area (TPSA) is 72.3 Å². The van der Waals surface area contributed by atoms with Crippen LogP contribution in [-0.4, -0.2) is 52.4 Å². The van der Waals surface area contributed by atoms with Crippen LogP contribution in [0.1, 0.15) is 37.1 Å². The van der Waals surface area contributed by atoms with Gasteiger partial charge in [0.1, 0.15) is 12.4 Å². The van der Waals surface area contributed by atoms with Crippen molar-refractivity contribution in [1.82, 2.24) is 25.0 Å². The van der Waals surface area contributed by atoms with Gasteiger partial charge in [-0.3, -0.25) is 9.69 Å². The van der Waals surface area contributed by atoms with Crippen LogP contribution in [-0.2, 0) is 29.0 Å². The summed E-state index contributed by atoms with van der Waals surface area (Å²) in [6, 6.07) is 19.1. The van der Waals surface area contributed by atoms with Crippen LogP contribution in [0.4, 0.5) is 0 Å². The first-order chi connectivity index (χ1) is 16.0. The zero-order valence-electron chi connectivity index (χ0n) is 19.7. The molecule has 7 heteroatoms. The highest BCUT2D eigenvalue weighted by Gasteiger charge is 2.27. The number of benzene rings is 2. The molecule has 0 bridgehead atoms. The number of ether oxygens (including phenoxy) is 1. The summed E-state index contributed by atoms with van der Waals surface area (Å²) in [5, 5.41) is 12.0. The monoisotopic (exact) mass is 447 g/mol. The smallest absolute Gasteiger partial charge is 0.246 e. The van der Waals surface area contributed by atoms with E-state index in [0.29, 0.717) is 0 Å². The molecule has 0 saturated heterocycles. The van der Waals surface area contributed by atoms with E-state index in [1.807, 2.05) is 6.07 Å². The SMILES string of the molecule is COCC(=O)N[C@H](c1nnc2n1CCN(Cc1ccc(-c3ccccc3)cc1)CC2)C(C)C. The first-order valence-corrected chi connectivity index (χ1v) is 11.6. The van der Waals surface area contributed by atoms with Crippen molar-refractivity contribution in [3.63, 3.8) is 0 Å². The van der Waals surface area contributed by atoms with Crippen molar-refractivity contribution in [3.05, 3.63) is 71.8 Å². The number of methoxy groups -OCH3 is 1. The molecular weight excluding hydrogens is 414 g/mol. The average Bonchev–Trinajstić information content (AvgIpc) is 3.12. The van der Waals surface area contributed by atoms with Crippen LogP contribution in [0.2, 0.25) is 0 Å². The minimum absolute atomic E-state index is 0.0427. The fourth-order valence-corrected chi connectivity index (χ4v) is 4.34. The Kier molecular flexibility index (Phi) is 7.52. The summed E-state index contributed by atoms with van der Waals surface area (Å²) in [6.45, 7) is 7.77. The van der Waals surface area contributed by atoms with Gasteiger partial charge in [0, 0.05) is 39.7 Å². The van der Waals surface area contributed by atoms with Gasteiger partial charge in [0.15, 0.2) is 5.82 Å². The zero-order chi connectivity index (χ0) is 23.2. The number of rotatable bonds is 8. The van der Waals surface area contributed by atoms with Crippen LogP contribution in [0, 0.1) is 5.92 Å². The molecular formula is C26H33N5O2. The molecule has 4 rings (SSSR count). The maximum atomic E-state index is 12.2. The Labute approximate surface area is 195 Å². The fourth-order valence-electron chi connectivity index (χ4n) is 4.34. The van der Waals surface area contributed by atoms with Gasteiger partial charge in [-0.25, -0.2) is 0 Å². The number of carbonyl (C=O) groups excluding carboxylic acids is 1. The molecule has 1 atom stereocenters.